The monoisotopic (exact) mass is 462 g/mol. The Morgan fingerprint density at radius 2 is 2.00 bits per heavy atom. The van der Waals surface area contributed by atoms with Gasteiger partial charge in [0.15, 0.2) is 0 Å². The van der Waals surface area contributed by atoms with Crippen LogP contribution in [0.15, 0.2) is 42.7 Å². The normalized spacial score (nSPS) is 12.7. The van der Waals surface area contributed by atoms with E-state index in [0.29, 0.717) is 39.3 Å². The topological polar surface area (TPSA) is 119 Å². The number of aryl methyl sites for hydroxylation is 1. The minimum atomic E-state index is -0.170. The number of terminal acetylenes is 1. The number of rotatable bonds is 5. The largest absolute Gasteiger partial charge is 0.496 e. The van der Waals surface area contributed by atoms with Crippen molar-refractivity contribution >= 4 is 22.6 Å². The summed E-state index contributed by atoms with van der Waals surface area (Å²) in [4.78, 5) is 21.4. The van der Waals surface area contributed by atoms with E-state index in [-0.39, 0.29) is 11.9 Å². The first kappa shape index (κ1) is 22.0. The number of ether oxygens (including phenoxy) is 1. The lowest BCUT2D eigenvalue weighted by molar-refractivity contribution is 0.0948. The standard InChI is InChI=1S/C27H22N6O2/c1-4-18-7-5-16(13-30-18)24-22(23-25(33(24)2)17(12-28)14-31-26(23)29)15-6-10-20(21(11-15)35-3)27(34)32-19-8-9-19/h1,5-7,10-11,13-14,19H,8-9H2,2-3H3,(H2,29,31)(H,32,34). The summed E-state index contributed by atoms with van der Waals surface area (Å²) in [6.45, 7) is 0. The second-order valence-corrected chi connectivity index (χ2v) is 8.41. The molecule has 35 heavy (non-hydrogen) atoms. The highest BCUT2D eigenvalue weighted by atomic mass is 16.5. The van der Waals surface area contributed by atoms with E-state index >= 15 is 0 Å². The van der Waals surface area contributed by atoms with Gasteiger partial charge < -0.3 is 20.4 Å². The SMILES string of the molecule is C#Cc1ccc(-c2c(-c3ccc(C(=O)NC4CC4)c(OC)c3)c3c(N)ncc(C#N)c3n2C)cn1. The number of anilines is 1. The number of nitrogens with zero attached hydrogens (tertiary/aromatic N) is 4. The third-order valence-electron chi connectivity index (χ3n) is 6.19. The van der Waals surface area contributed by atoms with Crippen LogP contribution < -0.4 is 15.8 Å². The third kappa shape index (κ3) is 3.71. The predicted octanol–water partition coefficient (Wildman–Crippen LogP) is 3.64. The summed E-state index contributed by atoms with van der Waals surface area (Å²) in [5.41, 5.74) is 11.5. The van der Waals surface area contributed by atoms with E-state index in [4.69, 9.17) is 16.9 Å². The number of pyridine rings is 2. The molecule has 3 aromatic heterocycles. The van der Waals surface area contributed by atoms with Crippen molar-refractivity contribution in [3.8, 4) is 46.5 Å². The minimum Gasteiger partial charge on any atom is -0.496 e. The smallest absolute Gasteiger partial charge is 0.255 e. The van der Waals surface area contributed by atoms with Crippen molar-refractivity contribution in [2.45, 2.75) is 18.9 Å². The van der Waals surface area contributed by atoms with Crippen LogP contribution in [0.4, 0.5) is 5.82 Å². The summed E-state index contributed by atoms with van der Waals surface area (Å²) in [5, 5.41) is 13.4. The zero-order valence-electron chi connectivity index (χ0n) is 19.3. The molecule has 8 nitrogen and oxygen atoms in total. The van der Waals surface area contributed by atoms with Gasteiger partial charge in [0.1, 0.15) is 23.3 Å². The van der Waals surface area contributed by atoms with Crippen LogP contribution in [0.3, 0.4) is 0 Å². The Labute approximate surface area is 202 Å². The van der Waals surface area contributed by atoms with Crippen molar-refractivity contribution in [3.05, 3.63) is 59.5 Å². The van der Waals surface area contributed by atoms with Crippen LogP contribution in [0.25, 0.3) is 33.3 Å². The maximum atomic E-state index is 12.7. The fourth-order valence-electron chi connectivity index (χ4n) is 4.35. The predicted molar refractivity (Wildman–Crippen MR) is 133 cm³/mol. The minimum absolute atomic E-state index is 0.170. The Morgan fingerprint density at radius 1 is 1.23 bits per heavy atom. The molecule has 1 saturated carbocycles. The first-order chi connectivity index (χ1) is 17.0. The lowest BCUT2D eigenvalue weighted by Gasteiger charge is -2.13. The van der Waals surface area contributed by atoms with Gasteiger partial charge >= 0.3 is 0 Å². The molecule has 0 radical (unpaired) electrons. The van der Waals surface area contributed by atoms with Crippen molar-refractivity contribution in [1.82, 2.24) is 19.9 Å². The Bertz CT molecular complexity index is 1570. The van der Waals surface area contributed by atoms with Gasteiger partial charge in [0.2, 0.25) is 0 Å². The van der Waals surface area contributed by atoms with Crippen LogP contribution >= 0.6 is 0 Å². The van der Waals surface area contributed by atoms with E-state index in [1.165, 1.54) is 13.3 Å². The van der Waals surface area contributed by atoms with E-state index in [0.717, 1.165) is 35.2 Å². The van der Waals surface area contributed by atoms with E-state index in [2.05, 4.69) is 27.3 Å². The summed E-state index contributed by atoms with van der Waals surface area (Å²) in [6.07, 6.45) is 10.6. The Balaban J connectivity index is 1.78. The Hall–Kier alpha value is -4.82. The molecule has 4 aromatic rings. The molecule has 1 amide bonds. The number of benzene rings is 1. The Morgan fingerprint density at radius 3 is 2.63 bits per heavy atom. The molecule has 1 aliphatic carbocycles. The number of hydrogen-bond acceptors (Lipinski definition) is 6. The van der Waals surface area contributed by atoms with Crippen LogP contribution in [0, 0.1) is 23.7 Å². The van der Waals surface area contributed by atoms with E-state index in [1.807, 2.05) is 29.8 Å². The number of nitrogen functional groups attached to an aromatic ring is 1. The zero-order chi connectivity index (χ0) is 24.7. The van der Waals surface area contributed by atoms with Gasteiger partial charge in [-0.05, 0) is 42.7 Å². The third-order valence-corrected chi connectivity index (χ3v) is 6.19. The highest BCUT2D eigenvalue weighted by Crippen LogP contribution is 2.44. The maximum absolute atomic E-state index is 12.7. The first-order valence-electron chi connectivity index (χ1n) is 11.1. The molecule has 0 bridgehead atoms. The molecular weight excluding hydrogens is 440 g/mol. The van der Waals surface area contributed by atoms with Crippen LogP contribution in [0.1, 0.15) is 34.5 Å². The molecule has 3 heterocycles. The van der Waals surface area contributed by atoms with Gasteiger partial charge in [-0.2, -0.15) is 5.26 Å². The van der Waals surface area contributed by atoms with Gasteiger partial charge in [-0.15, -0.1) is 6.42 Å². The summed E-state index contributed by atoms with van der Waals surface area (Å²) in [6, 6.07) is 11.5. The number of carbonyl (C=O) groups excluding carboxylic acids is 1. The van der Waals surface area contributed by atoms with Gasteiger partial charge in [0.25, 0.3) is 5.91 Å². The molecule has 0 aliphatic heterocycles. The van der Waals surface area contributed by atoms with Gasteiger partial charge in [0, 0.05) is 36.6 Å². The number of nitrogens with two attached hydrogens (primary N) is 1. The molecule has 0 unspecified atom stereocenters. The molecule has 1 aliphatic rings. The average Bonchev–Trinajstić information content (AvgIpc) is 3.65. The second-order valence-electron chi connectivity index (χ2n) is 8.41. The Kier molecular flexibility index (Phi) is 5.35. The number of nitrogens with one attached hydrogen (secondary N) is 1. The van der Waals surface area contributed by atoms with Gasteiger partial charge in [-0.3, -0.25) is 4.79 Å². The molecule has 1 fully saturated rings. The second kappa shape index (κ2) is 8.51. The van der Waals surface area contributed by atoms with Crippen molar-refractivity contribution in [2.75, 3.05) is 12.8 Å². The van der Waals surface area contributed by atoms with E-state index in [9.17, 15) is 10.1 Å². The molecule has 3 N–H and O–H groups in total. The van der Waals surface area contributed by atoms with Crippen LogP contribution in [-0.4, -0.2) is 33.6 Å². The quantitative estimate of drug-likeness (QED) is 0.437. The van der Waals surface area contributed by atoms with Gasteiger partial charge in [-0.25, -0.2) is 9.97 Å². The molecule has 0 spiro atoms. The van der Waals surface area contributed by atoms with Crippen LogP contribution in [0.5, 0.6) is 5.75 Å². The lowest BCUT2D eigenvalue weighted by atomic mass is 9.97. The number of hydrogen-bond donors (Lipinski definition) is 2. The van der Waals surface area contributed by atoms with Crippen LogP contribution in [-0.2, 0) is 7.05 Å². The van der Waals surface area contributed by atoms with Crippen molar-refractivity contribution in [3.63, 3.8) is 0 Å². The van der Waals surface area contributed by atoms with E-state index in [1.54, 1.807) is 18.3 Å². The summed E-state index contributed by atoms with van der Waals surface area (Å²) >= 11 is 0. The summed E-state index contributed by atoms with van der Waals surface area (Å²) < 4.78 is 7.51. The molecule has 1 aromatic carbocycles. The fourth-order valence-corrected chi connectivity index (χ4v) is 4.35. The first-order valence-corrected chi connectivity index (χ1v) is 11.1. The average molecular weight is 463 g/mol. The van der Waals surface area contributed by atoms with E-state index < -0.39 is 0 Å². The van der Waals surface area contributed by atoms with Crippen LogP contribution in [0.2, 0.25) is 0 Å². The molecule has 5 rings (SSSR count). The highest BCUT2D eigenvalue weighted by molar-refractivity contribution is 6.11. The summed E-state index contributed by atoms with van der Waals surface area (Å²) in [7, 11) is 3.40. The number of nitriles is 1. The fraction of sp³-hybridized carbons (Fsp3) is 0.185. The molecular formula is C27H22N6O2. The van der Waals surface area contributed by atoms with Crippen molar-refractivity contribution < 1.29 is 9.53 Å². The maximum Gasteiger partial charge on any atom is 0.255 e. The van der Waals surface area contributed by atoms with Gasteiger partial charge in [-0.1, -0.05) is 12.0 Å². The zero-order valence-corrected chi connectivity index (χ0v) is 19.3. The van der Waals surface area contributed by atoms with Gasteiger partial charge in [0.05, 0.1) is 34.8 Å². The number of fused-ring (bicyclic) bond motifs is 1. The number of aromatic nitrogens is 3. The summed E-state index contributed by atoms with van der Waals surface area (Å²) in [5.74, 6) is 3.08. The molecule has 0 saturated heterocycles. The number of amides is 1. The lowest BCUT2D eigenvalue weighted by Crippen LogP contribution is -2.25. The van der Waals surface area contributed by atoms with Crippen molar-refractivity contribution in [2.24, 2.45) is 7.05 Å². The highest BCUT2D eigenvalue weighted by Gasteiger charge is 2.27. The number of methoxy groups -OCH3 is 1. The molecule has 172 valence electrons. The molecule has 0 atom stereocenters. The number of carbonyl (C=O) groups is 1. The molecule has 8 heteroatoms. The van der Waals surface area contributed by atoms with Crippen molar-refractivity contribution in [1.29, 1.82) is 5.26 Å².